The summed E-state index contributed by atoms with van der Waals surface area (Å²) in [6, 6.07) is 18.0. The molecule has 0 unspecified atom stereocenters. The molecule has 110 valence electrons. The van der Waals surface area contributed by atoms with Crippen LogP contribution in [0.2, 0.25) is 0 Å². The summed E-state index contributed by atoms with van der Waals surface area (Å²) >= 11 is 0. The van der Waals surface area contributed by atoms with E-state index in [1.54, 1.807) is 6.20 Å². The average molecular weight is 288 g/mol. The summed E-state index contributed by atoms with van der Waals surface area (Å²) in [6.45, 7) is 6.07. The van der Waals surface area contributed by atoms with E-state index in [0.717, 1.165) is 22.4 Å². The normalized spacial score (nSPS) is 9.23. The summed E-state index contributed by atoms with van der Waals surface area (Å²) in [7, 11) is 0. The van der Waals surface area contributed by atoms with Gasteiger partial charge in [0, 0.05) is 18.0 Å². The number of aryl methyl sites for hydroxylation is 1. The number of hydrogen-bond acceptors (Lipinski definition) is 1. The summed E-state index contributed by atoms with van der Waals surface area (Å²) in [4.78, 5) is 0. The highest BCUT2D eigenvalue weighted by atomic mass is 15.3. The van der Waals surface area contributed by atoms with Crippen molar-refractivity contribution in [3.05, 3.63) is 83.7 Å². The standard InChI is InChI=1S/C18H14N2.C2H6/c1-15-7-5-10-17(18(15)20-14-6-13-19-20)12-11-16-8-3-2-4-9-16;1-2/h2-10,13-14H,1H3;1-2H3. The quantitative estimate of drug-likeness (QED) is 0.598. The maximum atomic E-state index is 4.31. The van der Waals surface area contributed by atoms with Gasteiger partial charge >= 0.3 is 0 Å². The van der Waals surface area contributed by atoms with Crippen LogP contribution in [0.25, 0.3) is 5.69 Å². The van der Waals surface area contributed by atoms with Gasteiger partial charge in [-0.2, -0.15) is 5.10 Å². The first-order valence-electron chi connectivity index (χ1n) is 7.51. The van der Waals surface area contributed by atoms with Crippen LogP contribution in [0.1, 0.15) is 30.5 Å². The minimum Gasteiger partial charge on any atom is -0.239 e. The van der Waals surface area contributed by atoms with Crippen LogP contribution in [0.5, 0.6) is 0 Å². The fourth-order valence-corrected chi connectivity index (χ4v) is 2.13. The van der Waals surface area contributed by atoms with Gasteiger partial charge in [0.15, 0.2) is 0 Å². The van der Waals surface area contributed by atoms with Crippen LogP contribution >= 0.6 is 0 Å². The molecule has 0 spiro atoms. The molecule has 0 amide bonds. The van der Waals surface area contributed by atoms with Crippen LogP contribution in [-0.4, -0.2) is 9.78 Å². The molecule has 0 saturated heterocycles. The van der Waals surface area contributed by atoms with Crippen molar-refractivity contribution >= 4 is 0 Å². The molecular weight excluding hydrogens is 268 g/mol. The van der Waals surface area contributed by atoms with Gasteiger partial charge in [-0.3, -0.25) is 0 Å². The number of nitrogens with zero attached hydrogens (tertiary/aromatic N) is 2. The van der Waals surface area contributed by atoms with E-state index in [4.69, 9.17) is 0 Å². The topological polar surface area (TPSA) is 17.8 Å². The van der Waals surface area contributed by atoms with E-state index in [9.17, 15) is 0 Å². The molecule has 1 aromatic heterocycles. The summed E-state index contributed by atoms with van der Waals surface area (Å²) in [5.74, 6) is 6.45. The Hall–Kier alpha value is -2.79. The lowest BCUT2D eigenvalue weighted by molar-refractivity contribution is 0.870. The molecular formula is C20H20N2. The molecule has 2 nitrogen and oxygen atoms in total. The Kier molecular flexibility index (Phi) is 5.57. The van der Waals surface area contributed by atoms with Crippen molar-refractivity contribution in [1.29, 1.82) is 0 Å². The molecule has 3 rings (SSSR count). The van der Waals surface area contributed by atoms with E-state index in [-0.39, 0.29) is 0 Å². The van der Waals surface area contributed by atoms with Crippen molar-refractivity contribution in [2.45, 2.75) is 20.8 Å². The van der Waals surface area contributed by atoms with Crippen LogP contribution in [0.15, 0.2) is 67.0 Å². The van der Waals surface area contributed by atoms with Crippen LogP contribution in [0, 0.1) is 18.8 Å². The third-order valence-corrected chi connectivity index (χ3v) is 3.09. The SMILES string of the molecule is CC.Cc1cccc(C#Cc2ccccc2)c1-n1cccn1. The first-order chi connectivity index (χ1) is 10.8. The van der Waals surface area contributed by atoms with E-state index in [2.05, 4.69) is 29.9 Å². The molecule has 0 aliphatic heterocycles. The molecule has 0 atom stereocenters. The van der Waals surface area contributed by atoms with E-state index in [1.165, 1.54) is 0 Å². The van der Waals surface area contributed by atoms with E-state index in [0.29, 0.717) is 0 Å². The lowest BCUT2D eigenvalue weighted by Crippen LogP contribution is -2.00. The minimum absolute atomic E-state index is 0.984. The van der Waals surface area contributed by atoms with Crippen molar-refractivity contribution in [2.24, 2.45) is 0 Å². The maximum Gasteiger partial charge on any atom is 0.0831 e. The molecule has 22 heavy (non-hydrogen) atoms. The zero-order valence-corrected chi connectivity index (χ0v) is 13.2. The molecule has 0 N–H and O–H groups in total. The predicted molar refractivity (Wildman–Crippen MR) is 92.1 cm³/mol. The van der Waals surface area contributed by atoms with E-state index in [1.807, 2.05) is 73.3 Å². The van der Waals surface area contributed by atoms with Crippen LogP contribution in [0.3, 0.4) is 0 Å². The van der Waals surface area contributed by atoms with Gasteiger partial charge in [0.2, 0.25) is 0 Å². The van der Waals surface area contributed by atoms with E-state index >= 15 is 0 Å². The number of para-hydroxylation sites is 1. The highest BCUT2D eigenvalue weighted by molar-refractivity contribution is 5.56. The van der Waals surface area contributed by atoms with E-state index < -0.39 is 0 Å². The third-order valence-electron chi connectivity index (χ3n) is 3.09. The molecule has 2 heteroatoms. The van der Waals surface area contributed by atoms with Gasteiger partial charge in [-0.25, -0.2) is 4.68 Å². The largest absolute Gasteiger partial charge is 0.239 e. The van der Waals surface area contributed by atoms with Gasteiger partial charge in [0.1, 0.15) is 0 Å². The monoisotopic (exact) mass is 288 g/mol. The highest BCUT2D eigenvalue weighted by Crippen LogP contribution is 2.17. The zero-order valence-electron chi connectivity index (χ0n) is 13.2. The molecule has 2 aromatic carbocycles. The summed E-state index contributed by atoms with van der Waals surface area (Å²) in [6.07, 6.45) is 3.72. The Balaban J connectivity index is 0.000000847. The average Bonchev–Trinajstić information content (AvgIpc) is 3.10. The smallest absolute Gasteiger partial charge is 0.0831 e. The van der Waals surface area contributed by atoms with Gasteiger partial charge in [-0.15, -0.1) is 0 Å². The lowest BCUT2D eigenvalue weighted by Gasteiger charge is -2.08. The van der Waals surface area contributed by atoms with Gasteiger partial charge in [0.05, 0.1) is 11.3 Å². The van der Waals surface area contributed by atoms with Gasteiger partial charge in [-0.05, 0) is 36.8 Å². The lowest BCUT2D eigenvalue weighted by atomic mass is 10.1. The van der Waals surface area contributed by atoms with Crippen LogP contribution in [-0.2, 0) is 0 Å². The second-order valence-corrected chi connectivity index (χ2v) is 4.54. The molecule has 0 bridgehead atoms. The van der Waals surface area contributed by atoms with Crippen LogP contribution < -0.4 is 0 Å². The molecule has 0 fully saturated rings. The van der Waals surface area contributed by atoms with Crippen molar-refractivity contribution in [3.63, 3.8) is 0 Å². The Bertz CT molecular complexity index is 760. The Morgan fingerprint density at radius 2 is 1.64 bits per heavy atom. The zero-order chi connectivity index (χ0) is 15.8. The van der Waals surface area contributed by atoms with Crippen molar-refractivity contribution in [2.75, 3.05) is 0 Å². The summed E-state index contributed by atoms with van der Waals surface area (Å²) < 4.78 is 1.87. The Morgan fingerprint density at radius 1 is 0.864 bits per heavy atom. The van der Waals surface area contributed by atoms with Crippen LogP contribution in [0.4, 0.5) is 0 Å². The number of hydrogen-bond donors (Lipinski definition) is 0. The van der Waals surface area contributed by atoms with Crippen molar-refractivity contribution < 1.29 is 0 Å². The van der Waals surface area contributed by atoms with Gasteiger partial charge < -0.3 is 0 Å². The predicted octanol–water partition coefficient (Wildman–Crippen LogP) is 4.61. The van der Waals surface area contributed by atoms with Crippen molar-refractivity contribution in [3.8, 4) is 17.5 Å². The molecule has 0 radical (unpaired) electrons. The number of aromatic nitrogens is 2. The van der Waals surface area contributed by atoms with Gasteiger partial charge in [-0.1, -0.05) is 56.0 Å². The highest BCUT2D eigenvalue weighted by Gasteiger charge is 2.05. The Morgan fingerprint density at radius 3 is 2.32 bits per heavy atom. The number of benzene rings is 2. The Labute approximate surface area is 132 Å². The summed E-state index contributed by atoms with van der Waals surface area (Å²) in [5.41, 5.74) is 4.20. The fourth-order valence-electron chi connectivity index (χ4n) is 2.13. The summed E-state index contributed by atoms with van der Waals surface area (Å²) in [5, 5.41) is 4.31. The second kappa shape index (κ2) is 7.85. The third kappa shape index (κ3) is 3.65. The maximum absolute atomic E-state index is 4.31. The second-order valence-electron chi connectivity index (χ2n) is 4.54. The first kappa shape index (κ1) is 15.6. The molecule has 0 saturated carbocycles. The molecule has 3 aromatic rings. The van der Waals surface area contributed by atoms with Crippen molar-refractivity contribution in [1.82, 2.24) is 9.78 Å². The molecule has 1 heterocycles. The fraction of sp³-hybridized carbons (Fsp3) is 0.150. The molecule has 0 aliphatic carbocycles. The number of rotatable bonds is 1. The van der Waals surface area contributed by atoms with Gasteiger partial charge in [0.25, 0.3) is 0 Å². The molecule has 0 aliphatic rings. The minimum atomic E-state index is 0.984. The first-order valence-corrected chi connectivity index (χ1v) is 7.51.